The van der Waals surface area contributed by atoms with E-state index in [-0.39, 0.29) is 5.91 Å². The van der Waals surface area contributed by atoms with Gasteiger partial charge in [-0.1, -0.05) is 35.2 Å². The first-order valence-corrected chi connectivity index (χ1v) is 7.73. The van der Waals surface area contributed by atoms with Gasteiger partial charge in [0.15, 0.2) is 0 Å². The summed E-state index contributed by atoms with van der Waals surface area (Å²) in [5, 5.41) is 3.12. The Morgan fingerprint density at radius 3 is 2.79 bits per heavy atom. The standard InChI is InChI=1S/C15H20BrNO2/c1-2-19-14-10-11(16)8-9-13(14)15(18)17-12-6-4-3-5-7-12/h8-10,12H,2-7H2,1H3,(H,17,18). The van der Waals surface area contributed by atoms with Crippen LogP contribution in [-0.2, 0) is 0 Å². The summed E-state index contributed by atoms with van der Waals surface area (Å²) in [6.07, 6.45) is 5.89. The minimum atomic E-state index is -0.0251. The van der Waals surface area contributed by atoms with E-state index in [0.29, 0.717) is 24.0 Å². The normalized spacial score (nSPS) is 16.1. The van der Waals surface area contributed by atoms with Gasteiger partial charge >= 0.3 is 0 Å². The van der Waals surface area contributed by atoms with Gasteiger partial charge in [0.05, 0.1) is 12.2 Å². The summed E-state index contributed by atoms with van der Waals surface area (Å²) in [5.74, 6) is 0.619. The predicted molar refractivity (Wildman–Crippen MR) is 79.7 cm³/mol. The molecule has 0 saturated heterocycles. The molecule has 19 heavy (non-hydrogen) atoms. The molecule has 1 amide bonds. The fraction of sp³-hybridized carbons (Fsp3) is 0.533. The van der Waals surface area contributed by atoms with Crippen molar-refractivity contribution in [2.24, 2.45) is 0 Å². The van der Waals surface area contributed by atoms with Crippen molar-refractivity contribution in [1.29, 1.82) is 0 Å². The number of hydrogen-bond acceptors (Lipinski definition) is 2. The molecule has 0 aromatic heterocycles. The van der Waals surface area contributed by atoms with E-state index >= 15 is 0 Å². The van der Waals surface area contributed by atoms with Gasteiger partial charge in [0.25, 0.3) is 5.91 Å². The minimum Gasteiger partial charge on any atom is -0.493 e. The number of nitrogens with one attached hydrogen (secondary N) is 1. The topological polar surface area (TPSA) is 38.3 Å². The maximum absolute atomic E-state index is 12.3. The molecule has 4 heteroatoms. The van der Waals surface area contributed by atoms with Gasteiger partial charge in [-0.15, -0.1) is 0 Å². The number of carbonyl (C=O) groups excluding carboxylic acids is 1. The van der Waals surface area contributed by atoms with E-state index < -0.39 is 0 Å². The van der Waals surface area contributed by atoms with Gasteiger partial charge in [-0.2, -0.15) is 0 Å². The van der Waals surface area contributed by atoms with Crippen LogP contribution in [0, 0.1) is 0 Å². The number of hydrogen-bond donors (Lipinski definition) is 1. The van der Waals surface area contributed by atoms with Gasteiger partial charge in [0.2, 0.25) is 0 Å². The van der Waals surface area contributed by atoms with E-state index in [9.17, 15) is 4.79 Å². The van der Waals surface area contributed by atoms with Crippen LogP contribution in [0.2, 0.25) is 0 Å². The summed E-state index contributed by atoms with van der Waals surface area (Å²) in [6, 6.07) is 5.85. The molecule has 2 rings (SSSR count). The maximum atomic E-state index is 12.3. The average molecular weight is 326 g/mol. The third-order valence-corrected chi connectivity index (χ3v) is 3.92. The monoisotopic (exact) mass is 325 g/mol. The number of rotatable bonds is 4. The highest BCUT2D eigenvalue weighted by molar-refractivity contribution is 9.10. The fourth-order valence-electron chi connectivity index (χ4n) is 2.47. The van der Waals surface area contributed by atoms with Crippen LogP contribution in [0.15, 0.2) is 22.7 Å². The molecule has 0 bridgehead atoms. The molecule has 1 saturated carbocycles. The number of benzene rings is 1. The fourth-order valence-corrected chi connectivity index (χ4v) is 2.81. The maximum Gasteiger partial charge on any atom is 0.255 e. The Balaban J connectivity index is 2.08. The molecule has 0 heterocycles. The van der Waals surface area contributed by atoms with Gasteiger partial charge in [0.1, 0.15) is 5.75 Å². The van der Waals surface area contributed by atoms with Crippen molar-refractivity contribution in [1.82, 2.24) is 5.32 Å². The third kappa shape index (κ3) is 3.96. The molecular formula is C15H20BrNO2. The Kier molecular flexibility index (Phi) is 5.25. The summed E-state index contributed by atoms with van der Waals surface area (Å²) in [4.78, 5) is 12.3. The highest BCUT2D eigenvalue weighted by Gasteiger charge is 2.19. The number of amides is 1. The molecule has 0 aliphatic heterocycles. The van der Waals surface area contributed by atoms with Crippen LogP contribution in [0.1, 0.15) is 49.4 Å². The molecular weight excluding hydrogens is 306 g/mol. The molecule has 0 spiro atoms. The van der Waals surface area contributed by atoms with Crippen LogP contribution >= 0.6 is 15.9 Å². The largest absolute Gasteiger partial charge is 0.493 e. The van der Waals surface area contributed by atoms with Crippen molar-refractivity contribution in [3.05, 3.63) is 28.2 Å². The first-order chi connectivity index (χ1) is 9.20. The zero-order chi connectivity index (χ0) is 13.7. The summed E-state index contributed by atoms with van der Waals surface area (Å²) >= 11 is 3.40. The van der Waals surface area contributed by atoms with Crippen molar-refractivity contribution < 1.29 is 9.53 Å². The Morgan fingerprint density at radius 1 is 1.37 bits per heavy atom. The molecule has 1 aliphatic carbocycles. The highest BCUT2D eigenvalue weighted by Crippen LogP contribution is 2.25. The van der Waals surface area contributed by atoms with E-state index in [1.807, 2.05) is 25.1 Å². The Hall–Kier alpha value is -1.03. The van der Waals surface area contributed by atoms with E-state index in [1.54, 1.807) is 0 Å². The lowest BCUT2D eigenvalue weighted by Gasteiger charge is -2.23. The van der Waals surface area contributed by atoms with Gasteiger partial charge < -0.3 is 10.1 Å². The lowest BCUT2D eigenvalue weighted by Crippen LogP contribution is -2.36. The number of ether oxygens (including phenoxy) is 1. The summed E-state index contributed by atoms with van der Waals surface area (Å²) < 4.78 is 6.46. The first-order valence-electron chi connectivity index (χ1n) is 6.94. The van der Waals surface area contributed by atoms with Crippen molar-refractivity contribution in [3.8, 4) is 5.75 Å². The summed E-state index contributed by atoms with van der Waals surface area (Å²) in [5.41, 5.74) is 0.621. The van der Waals surface area contributed by atoms with Crippen molar-refractivity contribution in [2.75, 3.05) is 6.61 Å². The minimum absolute atomic E-state index is 0.0251. The second-order valence-electron chi connectivity index (χ2n) is 4.88. The molecule has 0 atom stereocenters. The van der Waals surface area contributed by atoms with Crippen LogP contribution in [0.3, 0.4) is 0 Å². The van der Waals surface area contributed by atoms with E-state index in [1.165, 1.54) is 19.3 Å². The zero-order valence-corrected chi connectivity index (χ0v) is 12.8. The molecule has 1 aromatic rings. The SMILES string of the molecule is CCOc1cc(Br)ccc1C(=O)NC1CCCCC1. The van der Waals surface area contributed by atoms with Crippen LogP contribution in [0.5, 0.6) is 5.75 Å². The van der Waals surface area contributed by atoms with Crippen LogP contribution in [-0.4, -0.2) is 18.6 Å². The van der Waals surface area contributed by atoms with Crippen LogP contribution < -0.4 is 10.1 Å². The second-order valence-corrected chi connectivity index (χ2v) is 5.80. The highest BCUT2D eigenvalue weighted by atomic mass is 79.9. The quantitative estimate of drug-likeness (QED) is 0.911. The molecule has 104 valence electrons. The van der Waals surface area contributed by atoms with Crippen LogP contribution in [0.25, 0.3) is 0 Å². The molecule has 1 aliphatic rings. The predicted octanol–water partition coefficient (Wildman–Crippen LogP) is 3.91. The third-order valence-electron chi connectivity index (χ3n) is 3.43. The Bertz CT molecular complexity index is 442. The Morgan fingerprint density at radius 2 is 2.11 bits per heavy atom. The van der Waals surface area contributed by atoms with E-state index in [0.717, 1.165) is 17.3 Å². The van der Waals surface area contributed by atoms with Crippen molar-refractivity contribution >= 4 is 21.8 Å². The summed E-state index contributed by atoms with van der Waals surface area (Å²) in [6.45, 7) is 2.48. The molecule has 0 unspecified atom stereocenters. The molecule has 1 N–H and O–H groups in total. The Labute approximate surface area is 122 Å². The lowest BCUT2D eigenvalue weighted by atomic mass is 9.95. The number of carbonyl (C=O) groups is 1. The average Bonchev–Trinajstić information content (AvgIpc) is 2.40. The first kappa shape index (κ1) is 14.4. The van der Waals surface area contributed by atoms with Crippen molar-refractivity contribution in [3.63, 3.8) is 0 Å². The van der Waals surface area contributed by atoms with Crippen molar-refractivity contribution in [2.45, 2.75) is 45.1 Å². The summed E-state index contributed by atoms with van der Waals surface area (Å²) in [7, 11) is 0. The van der Waals surface area contributed by atoms with Gasteiger partial charge in [0, 0.05) is 10.5 Å². The molecule has 3 nitrogen and oxygen atoms in total. The number of halogens is 1. The zero-order valence-electron chi connectivity index (χ0n) is 11.2. The van der Waals surface area contributed by atoms with Gasteiger partial charge in [-0.05, 0) is 38.0 Å². The smallest absolute Gasteiger partial charge is 0.255 e. The van der Waals surface area contributed by atoms with Gasteiger partial charge in [-0.3, -0.25) is 4.79 Å². The second kappa shape index (κ2) is 6.94. The molecule has 1 fully saturated rings. The van der Waals surface area contributed by atoms with Crippen LogP contribution in [0.4, 0.5) is 0 Å². The molecule has 0 radical (unpaired) electrons. The lowest BCUT2D eigenvalue weighted by molar-refractivity contribution is 0.0924. The molecule has 1 aromatic carbocycles. The van der Waals surface area contributed by atoms with E-state index in [4.69, 9.17) is 4.74 Å². The van der Waals surface area contributed by atoms with E-state index in [2.05, 4.69) is 21.2 Å². The van der Waals surface area contributed by atoms with Gasteiger partial charge in [-0.25, -0.2) is 0 Å².